The van der Waals surface area contributed by atoms with Crippen molar-refractivity contribution in [1.29, 1.82) is 0 Å². The fourth-order valence-corrected chi connectivity index (χ4v) is 9.34. The SMILES string of the molecule is CO[C@@H]1/C=C/C=C(\C)Cc2cc(C)c(Cl)c(c2)N(C)C(=O)C[C@H](OC(=O)[C@H](C)N(C)C(=O)COCCOCCOCCOc2ccc(N3C(=O)C(C)=C(C)C3=O)cc2)[C@@]2(C)O[C@H]2[C@H](C)[C@@H]2C[C@@]1(O)CC(=O)O2. The molecule has 2 saturated heterocycles. The van der Waals surface area contributed by atoms with Gasteiger partial charge < -0.3 is 52.8 Å². The molecule has 19 heteroatoms. The Kier molecular flexibility index (Phi) is 18.6. The number of ether oxygens (including phenoxy) is 8. The number of imide groups is 1. The van der Waals surface area contributed by atoms with Gasteiger partial charge in [0.25, 0.3) is 11.8 Å². The highest BCUT2D eigenvalue weighted by Crippen LogP contribution is 2.50. The molecule has 8 atom stereocenters. The van der Waals surface area contributed by atoms with Gasteiger partial charge in [-0.3, -0.25) is 24.0 Å². The quantitative estimate of drug-likeness (QED) is 0.0911. The fraction of sp³-hybridized carbons (Fsp3) is 0.547. The second kappa shape index (κ2) is 24.0. The van der Waals surface area contributed by atoms with E-state index in [1.165, 1.54) is 30.9 Å². The molecule has 0 saturated carbocycles. The van der Waals surface area contributed by atoms with Gasteiger partial charge >= 0.3 is 11.9 Å². The first-order valence-corrected chi connectivity index (χ1v) is 24.5. The lowest BCUT2D eigenvalue weighted by Crippen LogP contribution is -2.53. The molecule has 0 spiro atoms. The summed E-state index contributed by atoms with van der Waals surface area (Å²) in [7, 11) is 4.52. The lowest BCUT2D eigenvalue weighted by molar-refractivity contribution is -0.187. The molecule has 0 unspecified atom stereocenters. The predicted molar refractivity (Wildman–Crippen MR) is 265 cm³/mol. The van der Waals surface area contributed by atoms with Gasteiger partial charge in [-0.15, -0.1) is 0 Å². The molecule has 2 fully saturated rings. The first-order valence-electron chi connectivity index (χ1n) is 24.1. The van der Waals surface area contributed by atoms with E-state index in [-0.39, 0.29) is 77.3 Å². The van der Waals surface area contributed by atoms with Gasteiger partial charge in [0, 0.05) is 44.7 Å². The van der Waals surface area contributed by atoms with E-state index in [1.807, 2.05) is 39.0 Å². The Balaban J connectivity index is 0.999. The maximum Gasteiger partial charge on any atom is 0.328 e. The molecule has 18 nitrogen and oxygen atoms in total. The minimum absolute atomic E-state index is 0.0355. The van der Waals surface area contributed by atoms with Gasteiger partial charge in [-0.25, -0.2) is 9.69 Å². The van der Waals surface area contributed by atoms with Crippen molar-refractivity contribution in [2.45, 2.75) is 116 Å². The Morgan fingerprint density at radius 2 is 1.57 bits per heavy atom. The molecule has 2 aromatic rings. The van der Waals surface area contributed by atoms with E-state index in [0.29, 0.717) is 39.7 Å². The number of hydrogen-bond acceptors (Lipinski definition) is 15. The number of fused-ring (bicyclic) bond motifs is 5. The number of aryl methyl sites for hydroxylation is 1. The molecule has 1 N–H and O–H groups in total. The van der Waals surface area contributed by atoms with Crippen LogP contribution in [0.15, 0.2) is 71.3 Å². The molecule has 0 radical (unpaired) electrons. The summed E-state index contributed by atoms with van der Waals surface area (Å²) in [5.41, 5.74) is 1.59. The lowest BCUT2D eigenvalue weighted by atomic mass is 9.78. The third kappa shape index (κ3) is 13.0. The van der Waals surface area contributed by atoms with Gasteiger partial charge in [-0.1, -0.05) is 48.4 Å². The Morgan fingerprint density at radius 3 is 2.21 bits per heavy atom. The van der Waals surface area contributed by atoms with Gasteiger partial charge in [0.1, 0.15) is 54.5 Å². The first-order chi connectivity index (χ1) is 34.1. The van der Waals surface area contributed by atoms with Crippen LogP contribution in [0, 0.1) is 12.8 Å². The van der Waals surface area contributed by atoms with E-state index in [0.717, 1.165) is 21.6 Å². The Hall–Kier alpha value is -5.47. The summed E-state index contributed by atoms with van der Waals surface area (Å²) >= 11 is 6.82. The molecule has 0 aromatic heterocycles. The smallest absolute Gasteiger partial charge is 0.328 e. The zero-order valence-electron chi connectivity index (χ0n) is 42.8. The number of likely N-dealkylation sites (N-methyl/N-ethyl adjacent to an activating group) is 1. The second-order valence-electron chi connectivity index (χ2n) is 19.1. The standard InChI is InChI=1S/C53H68ClN3O15/c1-31-12-11-13-42(65-10)53(64)28-41(70-46(60)29-53)35(5)48-52(7,72-48)43(27-44(58)56(9)40-26-37(24-31)25-32(2)47(40)54)71-51(63)36(6)55(8)45(59)30-68-21-20-66-18-19-67-22-23-69-39-16-14-38(15-17-39)57-49(61)33(3)34(4)50(57)62/h11-17,25-26,35-36,41-43,48,64H,18-24,27-30H2,1-10H3/b13-11+,31-12+/t35-,36+,41+,42-,43+,48+,52-,53-/m1/s1. The molecule has 4 amide bonds. The highest BCUT2D eigenvalue weighted by Gasteiger charge is 2.64. The minimum Gasteiger partial charge on any atom is -0.491 e. The van der Waals surface area contributed by atoms with Crippen molar-refractivity contribution >= 4 is 58.5 Å². The third-order valence-electron chi connectivity index (χ3n) is 13.9. The van der Waals surface area contributed by atoms with Crippen LogP contribution in [0.3, 0.4) is 0 Å². The highest BCUT2D eigenvalue weighted by atomic mass is 35.5. The number of amides is 4. The Labute approximate surface area is 426 Å². The number of anilines is 2. The summed E-state index contributed by atoms with van der Waals surface area (Å²) in [6.45, 7) is 13.1. The van der Waals surface area contributed by atoms with Crippen molar-refractivity contribution in [3.63, 3.8) is 0 Å². The third-order valence-corrected chi connectivity index (χ3v) is 14.4. The van der Waals surface area contributed by atoms with Crippen LogP contribution < -0.4 is 14.5 Å². The summed E-state index contributed by atoms with van der Waals surface area (Å²) in [4.78, 5) is 83.2. The number of nitrogens with zero attached hydrogens (tertiary/aromatic N) is 3. The number of rotatable bonds is 17. The van der Waals surface area contributed by atoms with E-state index < -0.39 is 71.3 Å². The average Bonchev–Trinajstić information content (AvgIpc) is 4.00. The molecule has 4 aliphatic heterocycles. The van der Waals surface area contributed by atoms with Crippen LogP contribution in [-0.2, 0) is 68.3 Å². The number of epoxide rings is 1. The second-order valence-corrected chi connectivity index (χ2v) is 19.5. The molecule has 2 aromatic carbocycles. The van der Waals surface area contributed by atoms with Gasteiger partial charge in [0.05, 0.1) is 68.4 Å². The average molecular weight is 1020 g/mol. The van der Waals surface area contributed by atoms with E-state index in [1.54, 1.807) is 64.2 Å². The van der Waals surface area contributed by atoms with Gasteiger partial charge in [-0.05, 0) is 89.4 Å². The number of carbonyl (C=O) groups excluding carboxylic acids is 6. The largest absolute Gasteiger partial charge is 0.491 e. The van der Waals surface area contributed by atoms with Crippen LogP contribution in [0.2, 0.25) is 5.02 Å². The number of halogens is 1. The predicted octanol–water partition coefficient (Wildman–Crippen LogP) is 5.40. The van der Waals surface area contributed by atoms with Gasteiger partial charge in [0.15, 0.2) is 0 Å². The number of hydrogen-bond donors (Lipinski definition) is 1. The monoisotopic (exact) mass is 1020 g/mol. The van der Waals surface area contributed by atoms with Gasteiger partial charge in [-0.2, -0.15) is 0 Å². The van der Waals surface area contributed by atoms with Crippen LogP contribution >= 0.6 is 11.6 Å². The number of allylic oxidation sites excluding steroid dienone is 3. The molecule has 6 rings (SSSR count). The maximum atomic E-state index is 14.3. The van der Waals surface area contributed by atoms with Crippen molar-refractivity contribution in [3.05, 3.63) is 87.5 Å². The van der Waals surface area contributed by atoms with Crippen LogP contribution in [0.1, 0.15) is 71.9 Å². The summed E-state index contributed by atoms with van der Waals surface area (Å²) in [5.74, 6) is -2.95. The number of benzene rings is 2. The summed E-state index contributed by atoms with van der Waals surface area (Å²) in [6.07, 6.45) is 1.85. The number of aliphatic hydroxyl groups is 1. The van der Waals surface area contributed by atoms with Crippen LogP contribution in [-0.4, -0.2) is 155 Å². The van der Waals surface area contributed by atoms with Crippen molar-refractivity contribution < 1.29 is 71.8 Å². The van der Waals surface area contributed by atoms with Crippen molar-refractivity contribution in [1.82, 2.24) is 4.90 Å². The molecular weight excluding hydrogens is 954 g/mol. The van der Waals surface area contributed by atoms with Crippen LogP contribution in [0.5, 0.6) is 5.75 Å². The minimum atomic E-state index is -1.60. The van der Waals surface area contributed by atoms with Gasteiger partial charge in [0.2, 0.25) is 11.8 Å². The van der Waals surface area contributed by atoms with E-state index in [4.69, 9.17) is 49.5 Å². The normalized spacial score (nSPS) is 27.4. The number of carbonyl (C=O) groups is 6. The van der Waals surface area contributed by atoms with E-state index >= 15 is 0 Å². The zero-order chi connectivity index (χ0) is 52.7. The summed E-state index contributed by atoms with van der Waals surface area (Å²) in [5, 5.41) is 12.3. The maximum absolute atomic E-state index is 14.3. The van der Waals surface area contributed by atoms with E-state index in [2.05, 4.69) is 0 Å². The zero-order valence-corrected chi connectivity index (χ0v) is 43.6. The van der Waals surface area contributed by atoms with Crippen LogP contribution in [0.25, 0.3) is 0 Å². The highest BCUT2D eigenvalue weighted by molar-refractivity contribution is 6.34. The molecule has 392 valence electrons. The van der Waals surface area contributed by atoms with E-state index in [9.17, 15) is 33.9 Å². The molecule has 4 heterocycles. The molecular formula is C53H68ClN3O15. The van der Waals surface area contributed by atoms with Crippen molar-refractivity contribution in [2.24, 2.45) is 5.92 Å². The summed E-state index contributed by atoms with van der Waals surface area (Å²) in [6, 6.07) is 9.35. The molecule has 4 aliphatic rings. The lowest BCUT2D eigenvalue weighted by Gasteiger charge is -2.41. The fourth-order valence-electron chi connectivity index (χ4n) is 9.10. The molecule has 72 heavy (non-hydrogen) atoms. The number of methoxy groups -OCH3 is 1. The molecule has 4 bridgehead atoms. The van der Waals surface area contributed by atoms with Crippen molar-refractivity contribution in [2.75, 3.05) is 77.3 Å². The van der Waals surface area contributed by atoms with Crippen molar-refractivity contribution in [3.8, 4) is 5.75 Å². The Bertz CT molecular complexity index is 2430. The Morgan fingerprint density at radius 1 is 0.944 bits per heavy atom. The molecule has 0 aliphatic carbocycles. The first kappa shape index (κ1) is 55.8. The number of esters is 2. The van der Waals surface area contributed by atoms with Crippen LogP contribution in [0.4, 0.5) is 11.4 Å². The summed E-state index contributed by atoms with van der Waals surface area (Å²) < 4.78 is 46.4. The topological polar surface area (TPSA) is 210 Å².